The van der Waals surface area contributed by atoms with Crippen molar-refractivity contribution in [3.8, 4) is 11.7 Å². The van der Waals surface area contributed by atoms with E-state index in [1.807, 2.05) is 0 Å². The Kier molecular flexibility index (Phi) is 4.77. The van der Waals surface area contributed by atoms with Gasteiger partial charge in [0.2, 0.25) is 5.95 Å². The fourth-order valence-corrected chi connectivity index (χ4v) is 2.58. The molecule has 24 heavy (non-hydrogen) atoms. The highest BCUT2D eigenvalue weighted by Gasteiger charge is 2.15. The van der Waals surface area contributed by atoms with Crippen molar-refractivity contribution in [1.82, 2.24) is 19.5 Å². The number of aromatic nitrogens is 4. The first-order chi connectivity index (χ1) is 11.6. The van der Waals surface area contributed by atoms with Crippen molar-refractivity contribution in [2.24, 2.45) is 0 Å². The zero-order valence-corrected chi connectivity index (χ0v) is 14.7. The van der Waals surface area contributed by atoms with Crippen molar-refractivity contribution in [1.29, 1.82) is 0 Å². The van der Waals surface area contributed by atoms with Crippen LogP contribution in [0.1, 0.15) is 10.5 Å². The van der Waals surface area contributed by atoms with Gasteiger partial charge in [0.05, 0.1) is 16.6 Å². The van der Waals surface area contributed by atoms with Crippen LogP contribution in [0.15, 0.2) is 47.6 Å². The van der Waals surface area contributed by atoms with Crippen LogP contribution in [-0.4, -0.2) is 32.5 Å². The number of imidazole rings is 1. The smallest absolute Gasteiger partial charge is 0.275 e. The van der Waals surface area contributed by atoms with Crippen molar-refractivity contribution in [2.45, 2.75) is 0 Å². The monoisotopic (exact) mass is 407 g/mol. The molecule has 2 aromatic heterocycles. The molecule has 0 bridgehead atoms. The lowest BCUT2D eigenvalue weighted by molar-refractivity contribution is 0.102. The van der Waals surface area contributed by atoms with Crippen LogP contribution in [0.25, 0.3) is 5.95 Å². The number of methoxy groups -OCH3 is 1. The maximum Gasteiger partial charge on any atom is 0.275 e. The Morgan fingerprint density at radius 1 is 1.42 bits per heavy atom. The fourth-order valence-electron chi connectivity index (χ4n) is 1.95. The van der Waals surface area contributed by atoms with Crippen LogP contribution in [-0.2, 0) is 0 Å². The highest BCUT2D eigenvalue weighted by atomic mass is 79.9. The van der Waals surface area contributed by atoms with Gasteiger partial charge in [-0.3, -0.25) is 9.36 Å². The first-order valence-electron chi connectivity index (χ1n) is 6.74. The van der Waals surface area contributed by atoms with Gasteiger partial charge in [-0.1, -0.05) is 11.6 Å². The summed E-state index contributed by atoms with van der Waals surface area (Å²) in [4.78, 5) is 24.8. The van der Waals surface area contributed by atoms with E-state index < -0.39 is 5.91 Å². The van der Waals surface area contributed by atoms with Gasteiger partial charge in [-0.05, 0) is 34.1 Å². The fraction of sp³-hybridized carbons (Fsp3) is 0.0667. The zero-order valence-electron chi connectivity index (χ0n) is 12.4. The number of rotatable bonds is 4. The molecule has 1 amide bonds. The molecule has 7 nitrogen and oxygen atoms in total. The topological polar surface area (TPSA) is 81.9 Å². The minimum atomic E-state index is -0.396. The number of nitrogens with one attached hydrogen (secondary N) is 1. The third kappa shape index (κ3) is 3.39. The molecule has 0 fully saturated rings. The molecule has 3 aromatic rings. The number of ether oxygens (including phenoxy) is 1. The number of carbonyl (C=O) groups excluding carboxylic acids is 1. The summed E-state index contributed by atoms with van der Waals surface area (Å²) < 4.78 is 7.16. The highest BCUT2D eigenvalue weighted by Crippen LogP contribution is 2.27. The molecule has 0 aliphatic carbocycles. The first-order valence-corrected chi connectivity index (χ1v) is 7.91. The van der Waals surface area contributed by atoms with Gasteiger partial charge in [-0.25, -0.2) is 15.0 Å². The minimum Gasteiger partial charge on any atom is -0.495 e. The molecular formula is C15H11BrClN5O2. The summed E-state index contributed by atoms with van der Waals surface area (Å²) in [6, 6.07) is 4.96. The second-order valence-electron chi connectivity index (χ2n) is 4.64. The average Bonchev–Trinajstić information content (AvgIpc) is 3.10. The van der Waals surface area contributed by atoms with Crippen LogP contribution in [0.3, 0.4) is 0 Å². The SMILES string of the molecule is COc1ccc(NC(=O)c2nc(-n3ccnc3)ncc2Br)cc1Cl. The molecule has 3 rings (SSSR count). The van der Waals surface area contributed by atoms with Gasteiger partial charge in [-0.15, -0.1) is 0 Å². The van der Waals surface area contributed by atoms with E-state index in [4.69, 9.17) is 16.3 Å². The molecule has 9 heteroatoms. The molecule has 0 aliphatic heterocycles. The largest absolute Gasteiger partial charge is 0.495 e. The van der Waals surface area contributed by atoms with E-state index in [0.29, 0.717) is 26.9 Å². The van der Waals surface area contributed by atoms with Crippen LogP contribution < -0.4 is 10.1 Å². The Balaban J connectivity index is 1.87. The van der Waals surface area contributed by atoms with Crippen molar-refractivity contribution >= 4 is 39.1 Å². The quantitative estimate of drug-likeness (QED) is 0.716. The molecular weight excluding hydrogens is 398 g/mol. The number of carbonyl (C=O) groups is 1. The van der Waals surface area contributed by atoms with Crippen molar-refractivity contribution in [3.05, 3.63) is 58.3 Å². The van der Waals surface area contributed by atoms with Gasteiger partial charge in [0.25, 0.3) is 5.91 Å². The summed E-state index contributed by atoms with van der Waals surface area (Å²) >= 11 is 9.35. The van der Waals surface area contributed by atoms with E-state index in [1.54, 1.807) is 41.5 Å². The number of anilines is 1. The van der Waals surface area contributed by atoms with Gasteiger partial charge in [-0.2, -0.15) is 0 Å². The second kappa shape index (κ2) is 6.98. The van der Waals surface area contributed by atoms with Gasteiger partial charge in [0.15, 0.2) is 0 Å². The van der Waals surface area contributed by atoms with E-state index in [1.165, 1.54) is 13.3 Å². The van der Waals surface area contributed by atoms with Crippen LogP contribution >= 0.6 is 27.5 Å². The number of hydrogen-bond acceptors (Lipinski definition) is 5. The third-order valence-electron chi connectivity index (χ3n) is 3.09. The van der Waals surface area contributed by atoms with Gasteiger partial charge >= 0.3 is 0 Å². The second-order valence-corrected chi connectivity index (χ2v) is 5.90. The van der Waals surface area contributed by atoms with Crippen LogP contribution in [0.4, 0.5) is 5.69 Å². The maximum absolute atomic E-state index is 12.5. The molecule has 2 heterocycles. The number of benzene rings is 1. The molecule has 0 spiro atoms. The molecule has 0 aliphatic rings. The predicted octanol–water partition coefficient (Wildman–Crippen LogP) is 3.34. The van der Waals surface area contributed by atoms with E-state index in [0.717, 1.165) is 0 Å². The van der Waals surface area contributed by atoms with Crippen molar-refractivity contribution in [2.75, 3.05) is 12.4 Å². The summed E-state index contributed by atoms with van der Waals surface area (Å²) in [5.74, 6) is 0.473. The van der Waals surface area contributed by atoms with Gasteiger partial charge in [0, 0.05) is 24.3 Å². The summed E-state index contributed by atoms with van der Waals surface area (Å²) in [6.07, 6.45) is 6.35. The molecule has 1 N–H and O–H groups in total. The van der Waals surface area contributed by atoms with Crippen molar-refractivity contribution in [3.63, 3.8) is 0 Å². The maximum atomic E-state index is 12.5. The molecule has 122 valence electrons. The summed E-state index contributed by atoms with van der Waals surface area (Å²) in [5.41, 5.74) is 0.723. The molecule has 0 atom stereocenters. The molecule has 0 radical (unpaired) electrons. The summed E-state index contributed by atoms with van der Waals surface area (Å²) in [7, 11) is 1.52. The average molecular weight is 409 g/mol. The van der Waals surface area contributed by atoms with Crippen LogP contribution in [0.2, 0.25) is 5.02 Å². The van der Waals surface area contributed by atoms with Gasteiger partial charge in [0.1, 0.15) is 17.8 Å². The van der Waals surface area contributed by atoms with Gasteiger partial charge < -0.3 is 10.1 Å². The Bertz CT molecular complexity index is 886. The predicted molar refractivity (Wildman–Crippen MR) is 92.8 cm³/mol. The molecule has 0 unspecified atom stereocenters. The highest BCUT2D eigenvalue weighted by molar-refractivity contribution is 9.10. The molecule has 0 saturated carbocycles. The van der Waals surface area contributed by atoms with Crippen molar-refractivity contribution < 1.29 is 9.53 Å². The van der Waals surface area contributed by atoms with E-state index in [2.05, 4.69) is 36.2 Å². The Labute approximate surface area is 150 Å². The lowest BCUT2D eigenvalue weighted by Gasteiger charge is -2.09. The molecule has 0 saturated heterocycles. The third-order valence-corrected chi connectivity index (χ3v) is 3.97. The van der Waals surface area contributed by atoms with E-state index >= 15 is 0 Å². The lowest BCUT2D eigenvalue weighted by Crippen LogP contribution is -2.16. The molecule has 1 aromatic carbocycles. The Hall–Kier alpha value is -2.45. The normalized spacial score (nSPS) is 10.5. The first kappa shape index (κ1) is 16.4. The lowest BCUT2D eigenvalue weighted by atomic mass is 10.3. The Morgan fingerprint density at radius 2 is 2.25 bits per heavy atom. The number of nitrogens with zero attached hydrogens (tertiary/aromatic N) is 4. The van der Waals surface area contributed by atoms with Crippen LogP contribution in [0.5, 0.6) is 5.75 Å². The number of hydrogen-bond donors (Lipinski definition) is 1. The van der Waals surface area contributed by atoms with E-state index in [-0.39, 0.29) is 5.69 Å². The standard InChI is InChI=1S/C15H11BrClN5O2/c1-24-12-3-2-9(6-11(12)17)20-14(23)13-10(16)7-19-15(21-13)22-5-4-18-8-22/h2-8H,1H3,(H,20,23). The van der Waals surface area contributed by atoms with Crippen LogP contribution in [0, 0.1) is 0 Å². The summed E-state index contributed by atoms with van der Waals surface area (Å²) in [6.45, 7) is 0. The Morgan fingerprint density at radius 3 is 2.92 bits per heavy atom. The minimum absolute atomic E-state index is 0.195. The number of halogens is 2. The summed E-state index contributed by atoms with van der Waals surface area (Å²) in [5, 5.41) is 3.14. The number of amides is 1. The van der Waals surface area contributed by atoms with E-state index in [9.17, 15) is 4.79 Å². The zero-order chi connectivity index (χ0) is 17.1.